The van der Waals surface area contributed by atoms with Crippen LogP contribution in [0.3, 0.4) is 0 Å². The molecule has 1 fully saturated rings. The van der Waals surface area contributed by atoms with Crippen molar-refractivity contribution in [3.05, 3.63) is 87.6 Å². The highest BCUT2D eigenvalue weighted by atomic mass is 79.9. The van der Waals surface area contributed by atoms with E-state index < -0.39 is 17.8 Å². The normalized spacial score (nSPS) is 15.7. The minimum absolute atomic E-state index is 0.151. The van der Waals surface area contributed by atoms with E-state index in [1.807, 2.05) is 35.0 Å². The van der Waals surface area contributed by atoms with Crippen molar-refractivity contribution in [1.29, 1.82) is 0 Å². The van der Waals surface area contributed by atoms with Gasteiger partial charge in [-0.25, -0.2) is 9.69 Å². The van der Waals surface area contributed by atoms with Gasteiger partial charge in [0.05, 0.1) is 5.69 Å². The molecule has 8 heteroatoms. The van der Waals surface area contributed by atoms with Crippen molar-refractivity contribution in [3.63, 3.8) is 0 Å². The molecule has 6 nitrogen and oxygen atoms in total. The van der Waals surface area contributed by atoms with Crippen LogP contribution in [-0.4, -0.2) is 22.4 Å². The standard InChI is InChI=1S/C21H13BrClN3O3/c22-13-6-8-15(9-7-13)25-10-2-5-16(25)12-18-19(27)24-21(29)26(20(18)28)17-4-1-3-14(23)11-17/h1-12H,(H,24,27,29)/b18-12+. The fourth-order valence-electron chi connectivity index (χ4n) is 3.00. The number of benzene rings is 2. The van der Waals surface area contributed by atoms with E-state index in [-0.39, 0.29) is 11.3 Å². The maximum atomic E-state index is 13.0. The van der Waals surface area contributed by atoms with Crippen LogP contribution in [0.15, 0.2) is 76.9 Å². The predicted octanol–water partition coefficient (Wildman–Crippen LogP) is 4.56. The molecule has 0 radical (unpaired) electrons. The van der Waals surface area contributed by atoms with Crippen LogP contribution in [-0.2, 0) is 9.59 Å². The van der Waals surface area contributed by atoms with Crippen molar-refractivity contribution < 1.29 is 14.4 Å². The van der Waals surface area contributed by atoms with Gasteiger partial charge in [-0.15, -0.1) is 0 Å². The number of rotatable bonds is 3. The van der Waals surface area contributed by atoms with Crippen molar-refractivity contribution in [2.24, 2.45) is 0 Å². The smallest absolute Gasteiger partial charge is 0.317 e. The summed E-state index contributed by atoms with van der Waals surface area (Å²) in [6.45, 7) is 0. The van der Waals surface area contributed by atoms with Crippen LogP contribution in [0.25, 0.3) is 11.8 Å². The number of barbiturate groups is 1. The first-order chi connectivity index (χ1) is 13.9. The highest BCUT2D eigenvalue weighted by Crippen LogP contribution is 2.25. The van der Waals surface area contributed by atoms with E-state index in [0.29, 0.717) is 10.7 Å². The number of halogens is 2. The number of urea groups is 1. The summed E-state index contributed by atoms with van der Waals surface area (Å²) in [5.74, 6) is -1.47. The summed E-state index contributed by atoms with van der Waals surface area (Å²) in [6.07, 6.45) is 3.28. The Hall–Kier alpha value is -3.16. The average molecular weight is 471 g/mol. The number of aromatic nitrogens is 1. The monoisotopic (exact) mass is 469 g/mol. The zero-order chi connectivity index (χ0) is 20.5. The number of nitrogens with one attached hydrogen (secondary N) is 1. The fourth-order valence-corrected chi connectivity index (χ4v) is 3.45. The summed E-state index contributed by atoms with van der Waals surface area (Å²) >= 11 is 9.38. The van der Waals surface area contributed by atoms with Gasteiger partial charge in [-0.2, -0.15) is 0 Å². The van der Waals surface area contributed by atoms with Gasteiger partial charge in [0.15, 0.2) is 0 Å². The van der Waals surface area contributed by atoms with Gasteiger partial charge in [0.1, 0.15) is 5.57 Å². The van der Waals surface area contributed by atoms with E-state index >= 15 is 0 Å². The number of carbonyl (C=O) groups is 3. The van der Waals surface area contributed by atoms with Gasteiger partial charge in [0, 0.05) is 27.1 Å². The molecule has 1 saturated heterocycles. The highest BCUT2D eigenvalue weighted by molar-refractivity contribution is 9.10. The molecule has 0 aliphatic carbocycles. The van der Waals surface area contributed by atoms with Crippen LogP contribution in [0.1, 0.15) is 5.69 Å². The Labute approximate surface area is 179 Å². The van der Waals surface area contributed by atoms with Crippen LogP contribution in [0.4, 0.5) is 10.5 Å². The number of hydrogen-bond acceptors (Lipinski definition) is 3. The molecule has 4 amide bonds. The van der Waals surface area contributed by atoms with Crippen LogP contribution in [0.5, 0.6) is 0 Å². The van der Waals surface area contributed by atoms with Gasteiger partial charge in [-0.3, -0.25) is 14.9 Å². The molecule has 144 valence electrons. The number of anilines is 1. The largest absolute Gasteiger partial charge is 0.335 e. The number of hydrogen-bond donors (Lipinski definition) is 1. The minimum Gasteiger partial charge on any atom is -0.317 e. The van der Waals surface area contributed by atoms with Gasteiger partial charge in [0.25, 0.3) is 11.8 Å². The molecule has 0 atom stereocenters. The first-order valence-corrected chi connectivity index (χ1v) is 9.71. The summed E-state index contributed by atoms with van der Waals surface area (Å²) in [5.41, 5.74) is 1.60. The lowest BCUT2D eigenvalue weighted by Crippen LogP contribution is -2.54. The predicted molar refractivity (Wildman–Crippen MR) is 114 cm³/mol. The molecule has 29 heavy (non-hydrogen) atoms. The second-order valence-corrected chi connectivity index (χ2v) is 7.57. The second kappa shape index (κ2) is 7.69. The first-order valence-electron chi connectivity index (χ1n) is 8.54. The third-order valence-electron chi connectivity index (χ3n) is 4.35. The summed E-state index contributed by atoms with van der Waals surface area (Å²) in [6, 6.07) is 16.7. The molecule has 4 rings (SSSR count). The number of amides is 4. The highest BCUT2D eigenvalue weighted by Gasteiger charge is 2.37. The number of carbonyl (C=O) groups excluding carboxylic acids is 3. The number of nitrogens with zero attached hydrogens (tertiary/aromatic N) is 2. The zero-order valence-electron chi connectivity index (χ0n) is 14.8. The van der Waals surface area contributed by atoms with Crippen molar-refractivity contribution in [3.8, 4) is 5.69 Å². The van der Waals surface area contributed by atoms with E-state index in [4.69, 9.17) is 11.6 Å². The molecule has 0 spiro atoms. The Bertz CT molecular complexity index is 1170. The van der Waals surface area contributed by atoms with E-state index in [2.05, 4.69) is 21.2 Å². The van der Waals surface area contributed by atoms with Crippen molar-refractivity contribution >= 4 is 57.1 Å². The molecule has 1 aromatic heterocycles. The first kappa shape index (κ1) is 19.2. The molecule has 3 aromatic rings. The Morgan fingerprint density at radius 3 is 2.41 bits per heavy atom. The molecule has 1 aliphatic heterocycles. The molecule has 0 saturated carbocycles. The van der Waals surface area contributed by atoms with E-state index in [9.17, 15) is 14.4 Å². The third-order valence-corrected chi connectivity index (χ3v) is 5.11. The Morgan fingerprint density at radius 2 is 1.69 bits per heavy atom. The minimum atomic E-state index is -0.817. The molecule has 1 N–H and O–H groups in total. The molecule has 0 unspecified atom stereocenters. The summed E-state index contributed by atoms with van der Waals surface area (Å²) in [7, 11) is 0. The van der Waals surface area contributed by atoms with Gasteiger partial charge < -0.3 is 4.57 Å². The van der Waals surface area contributed by atoms with Gasteiger partial charge in [-0.05, 0) is 60.7 Å². The SMILES string of the molecule is O=C1NC(=O)N(c2cccc(Cl)c2)C(=O)/C1=C/c1cccn1-c1ccc(Br)cc1. The third kappa shape index (κ3) is 3.74. The quantitative estimate of drug-likeness (QED) is 0.451. The maximum Gasteiger partial charge on any atom is 0.335 e. The Balaban J connectivity index is 1.75. The lowest BCUT2D eigenvalue weighted by molar-refractivity contribution is -0.122. The van der Waals surface area contributed by atoms with E-state index in [1.165, 1.54) is 12.1 Å². The molecular formula is C21H13BrClN3O3. The lowest BCUT2D eigenvalue weighted by Gasteiger charge is -2.26. The van der Waals surface area contributed by atoms with Gasteiger partial charge in [0.2, 0.25) is 0 Å². The fraction of sp³-hybridized carbons (Fsp3) is 0. The van der Waals surface area contributed by atoms with Gasteiger partial charge >= 0.3 is 6.03 Å². The number of imide groups is 2. The zero-order valence-corrected chi connectivity index (χ0v) is 17.1. The van der Waals surface area contributed by atoms with Crippen LogP contribution in [0.2, 0.25) is 5.02 Å². The van der Waals surface area contributed by atoms with E-state index in [0.717, 1.165) is 15.1 Å². The van der Waals surface area contributed by atoms with Crippen molar-refractivity contribution in [2.45, 2.75) is 0 Å². The van der Waals surface area contributed by atoms with Crippen LogP contribution >= 0.6 is 27.5 Å². The van der Waals surface area contributed by atoms with Crippen LogP contribution in [0, 0.1) is 0 Å². The van der Waals surface area contributed by atoms with Crippen molar-refractivity contribution in [1.82, 2.24) is 9.88 Å². The summed E-state index contributed by atoms with van der Waals surface area (Å²) in [4.78, 5) is 38.6. The average Bonchev–Trinajstić information content (AvgIpc) is 3.14. The Morgan fingerprint density at radius 1 is 0.931 bits per heavy atom. The molecular weight excluding hydrogens is 458 g/mol. The lowest BCUT2D eigenvalue weighted by atomic mass is 10.1. The summed E-state index contributed by atoms with van der Waals surface area (Å²) in [5, 5.41) is 2.58. The molecule has 1 aliphatic rings. The molecule has 2 heterocycles. The van der Waals surface area contributed by atoms with E-state index in [1.54, 1.807) is 30.3 Å². The maximum absolute atomic E-state index is 13.0. The topological polar surface area (TPSA) is 71.4 Å². The summed E-state index contributed by atoms with van der Waals surface area (Å²) < 4.78 is 2.77. The Kier molecular flexibility index (Phi) is 5.08. The van der Waals surface area contributed by atoms with Crippen molar-refractivity contribution in [2.75, 3.05) is 4.90 Å². The molecule has 0 bridgehead atoms. The van der Waals surface area contributed by atoms with Gasteiger partial charge in [-0.1, -0.05) is 33.6 Å². The van der Waals surface area contributed by atoms with Crippen LogP contribution < -0.4 is 10.2 Å². The molecule has 2 aromatic carbocycles. The second-order valence-electron chi connectivity index (χ2n) is 6.22.